The van der Waals surface area contributed by atoms with E-state index < -0.39 is 11.7 Å². The van der Waals surface area contributed by atoms with Crippen LogP contribution < -0.4 is 5.32 Å². The second-order valence-corrected chi connectivity index (χ2v) is 9.87. The molecule has 0 aromatic carbocycles. The van der Waals surface area contributed by atoms with Crippen molar-refractivity contribution >= 4 is 12.1 Å². The number of hydrogen-bond acceptors (Lipinski definition) is 6. The standard InChI is InChI=1S/C27H53NO6/c1-5-6-7-8-9-10-11-12-13-14-15-16-17-18-25(29)33-24-23-32-22-21-31-20-19-28-26(30)34-27(2,3)4/h5-24H2,1-4H3,(H,28,30). The lowest BCUT2D eigenvalue weighted by Crippen LogP contribution is -2.34. The van der Waals surface area contributed by atoms with Gasteiger partial charge in [0.1, 0.15) is 12.2 Å². The summed E-state index contributed by atoms with van der Waals surface area (Å²) >= 11 is 0. The van der Waals surface area contributed by atoms with Gasteiger partial charge in [0, 0.05) is 13.0 Å². The zero-order chi connectivity index (χ0) is 25.3. The first kappa shape index (κ1) is 32.7. The molecule has 0 atom stereocenters. The number of unbranched alkanes of at least 4 members (excludes halogenated alkanes) is 12. The average molecular weight is 488 g/mol. The number of carbonyl (C=O) groups is 2. The second kappa shape index (κ2) is 23.4. The SMILES string of the molecule is CCCCCCCCCCCCCCCC(=O)OCCOCCOCCNC(=O)OC(C)(C)C. The van der Waals surface area contributed by atoms with Crippen molar-refractivity contribution in [2.75, 3.05) is 39.6 Å². The molecule has 0 saturated heterocycles. The molecule has 0 aromatic rings. The van der Waals surface area contributed by atoms with E-state index in [0.717, 1.165) is 12.8 Å². The molecule has 0 saturated carbocycles. The van der Waals surface area contributed by atoms with Crippen molar-refractivity contribution in [2.45, 2.75) is 123 Å². The number of alkyl carbamates (subject to hydrolysis) is 1. The molecule has 1 amide bonds. The molecule has 7 nitrogen and oxygen atoms in total. The van der Waals surface area contributed by atoms with E-state index in [1.165, 1.54) is 70.6 Å². The molecular weight excluding hydrogens is 434 g/mol. The molecule has 7 heteroatoms. The maximum absolute atomic E-state index is 11.7. The lowest BCUT2D eigenvalue weighted by atomic mass is 10.0. The molecule has 0 spiro atoms. The Morgan fingerprint density at radius 3 is 1.65 bits per heavy atom. The van der Waals surface area contributed by atoms with E-state index in [0.29, 0.717) is 39.4 Å². The molecule has 34 heavy (non-hydrogen) atoms. The smallest absolute Gasteiger partial charge is 0.407 e. The molecule has 0 unspecified atom stereocenters. The zero-order valence-corrected chi connectivity index (χ0v) is 22.6. The van der Waals surface area contributed by atoms with E-state index in [9.17, 15) is 9.59 Å². The highest BCUT2D eigenvalue weighted by molar-refractivity contribution is 5.69. The number of hydrogen-bond donors (Lipinski definition) is 1. The van der Waals surface area contributed by atoms with Crippen molar-refractivity contribution in [1.29, 1.82) is 0 Å². The average Bonchev–Trinajstić information content (AvgIpc) is 2.77. The van der Waals surface area contributed by atoms with Crippen molar-refractivity contribution in [3.8, 4) is 0 Å². The minimum absolute atomic E-state index is 0.142. The molecular formula is C27H53NO6. The lowest BCUT2D eigenvalue weighted by Gasteiger charge is -2.19. The number of rotatable bonds is 23. The van der Waals surface area contributed by atoms with E-state index >= 15 is 0 Å². The Balaban J connectivity index is 3.25. The fourth-order valence-electron chi connectivity index (χ4n) is 3.44. The first-order chi connectivity index (χ1) is 16.3. The van der Waals surface area contributed by atoms with Crippen LogP contribution in [0.5, 0.6) is 0 Å². The quantitative estimate of drug-likeness (QED) is 0.130. The highest BCUT2D eigenvalue weighted by Crippen LogP contribution is 2.13. The Kier molecular flexibility index (Phi) is 22.5. The van der Waals surface area contributed by atoms with Crippen LogP contribution in [-0.2, 0) is 23.7 Å². The summed E-state index contributed by atoms with van der Waals surface area (Å²) in [7, 11) is 0. The van der Waals surface area contributed by atoms with E-state index in [1.807, 2.05) is 20.8 Å². The largest absolute Gasteiger partial charge is 0.463 e. The first-order valence-corrected chi connectivity index (χ1v) is 13.6. The maximum atomic E-state index is 11.7. The normalized spacial score (nSPS) is 11.4. The number of amides is 1. The van der Waals surface area contributed by atoms with Crippen LogP contribution in [0.3, 0.4) is 0 Å². The van der Waals surface area contributed by atoms with Crippen LogP contribution in [0, 0.1) is 0 Å². The van der Waals surface area contributed by atoms with Crippen molar-refractivity contribution in [3.05, 3.63) is 0 Å². The summed E-state index contributed by atoms with van der Waals surface area (Å²) in [6, 6.07) is 0. The Morgan fingerprint density at radius 2 is 1.12 bits per heavy atom. The Hall–Kier alpha value is -1.34. The van der Waals surface area contributed by atoms with E-state index in [1.54, 1.807) is 0 Å². The molecule has 0 aromatic heterocycles. The summed E-state index contributed by atoms with van der Waals surface area (Å²) in [5, 5.41) is 2.62. The van der Waals surface area contributed by atoms with Crippen LogP contribution in [-0.4, -0.2) is 57.2 Å². The molecule has 0 heterocycles. The molecule has 0 rings (SSSR count). The third-order valence-electron chi connectivity index (χ3n) is 5.26. The van der Waals surface area contributed by atoms with Gasteiger partial charge >= 0.3 is 12.1 Å². The summed E-state index contributed by atoms with van der Waals surface area (Å²) in [6.07, 6.45) is 16.9. The Bertz CT molecular complexity index is 478. The van der Waals surface area contributed by atoms with Gasteiger partial charge in [-0.15, -0.1) is 0 Å². The molecule has 1 N–H and O–H groups in total. The van der Waals surface area contributed by atoms with Gasteiger partial charge in [-0.25, -0.2) is 4.79 Å². The van der Waals surface area contributed by atoms with Crippen molar-refractivity contribution in [3.63, 3.8) is 0 Å². The number of nitrogens with one attached hydrogen (secondary N) is 1. The third-order valence-corrected chi connectivity index (χ3v) is 5.26. The van der Waals surface area contributed by atoms with Gasteiger partial charge in [-0.2, -0.15) is 0 Å². The first-order valence-electron chi connectivity index (χ1n) is 13.6. The monoisotopic (exact) mass is 487 g/mol. The fraction of sp³-hybridized carbons (Fsp3) is 0.926. The number of ether oxygens (including phenoxy) is 4. The van der Waals surface area contributed by atoms with Gasteiger partial charge in [0.25, 0.3) is 0 Å². The van der Waals surface area contributed by atoms with Gasteiger partial charge in [0.2, 0.25) is 0 Å². The van der Waals surface area contributed by atoms with Crippen LogP contribution in [0.1, 0.15) is 118 Å². The Labute approximate surface area is 209 Å². The minimum atomic E-state index is -0.505. The molecule has 0 aliphatic carbocycles. The molecule has 0 aliphatic rings. The zero-order valence-electron chi connectivity index (χ0n) is 22.6. The van der Waals surface area contributed by atoms with Crippen LogP contribution in [0.2, 0.25) is 0 Å². The molecule has 202 valence electrons. The topological polar surface area (TPSA) is 83.1 Å². The maximum Gasteiger partial charge on any atom is 0.407 e. The minimum Gasteiger partial charge on any atom is -0.463 e. The predicted molar refractivity (Wildman–Crippen MR) is 137 cm³/mol. The van der Waals surface area contributed by atoms with Crippen LogP contribution >= 0.6 is 0 Å². The number of esters is 1. The van der Waals surface area contributed by atoms with Gasteiger partial charge in [0.05, 0.1) is 26.4 Å². The molecule has 0 fully saturated rings. The van der Waals surface area contributed by atoms with Gasteiger partial charge in [0.15, 0.2) is 0 Å². The van der Waals surface area contributed by atoms with Crippen LogP contribution in [0.4, 0.5) is 4.79 Å². The predicted octanol–water partition coefficient (Wildman–Crippen LogP) is 6.57. The summed E-state index contributed by atoms with van der Waals surface area (Å²) in [6.45, 7) is 9.96. The van der Waals surface area contributed by atoms with Gasteiger partial charge < -0.3 is 24.3 Å². The summed E-state index contributed by atoms with van der Waals surface area (Å²) in [4.78, 5) is 23.2. The van der Waals surface area contributed by atoms with E-state index in [2.05, 4.69) is 12.2 Å². The summed E-state index contributed by atoms with van der Waals surface area (Å²) in [5.74, 6) is -0.142. The molecule has 0 aliphatic heterocycles. The van der Waals surface area contributed by atoms with Crippen molar-refractivity contribution in [1.82, 2.24) is 5.32 Å². The van der Waals surface area contributed by atoms with Crippen molar-refractivity contribution < 1.29 is 28.5 Å². The molecule has 0 radical (unpaired) electrons. The molecule has 0 bridgehead atoms. The van der Waals surface area contributed by atoms with Crippen LogP contribution in [0.15, 0.2) is 0 Å². The highest BCUT2D eigenvalue weighted by atomic mass is 16.6. The number of carbonyl (C=O) groups excluding carboxylic acids is 2. The summed E-state index contributed by atoms with van der Waals surface area (Å²) in [5.41, 5.74) is -0.505. The van der Waals surface area contributed by atoms with E-state index in [-0.39, 0.29) is 12.6 Å². The highest BCUT2D eigenvalue weighted by Gasteiger charge is 2.15. The fourth-order valence-corrected chi connectivity index (χ4v) is 3.44. The van der Waals surface area contributed by atoms with Gasteiger partial charge in [-0.1, -0.05) is 84.0 Å². The van der Waals surface area contributed by atoms with Gasteiger partial charge in [-0.3, -0.25) is 4.79 Å². The third kappa shape index (κ3) is 26.9. The van der Waals surface area contributed by atoms with Crippen molar-refractivity contribution in [2.24, 2.45) is 0 Å². The van der Waals surface area contributed by atoms with Gasteiger partial charge in [-0.05, 0) is 27.2 Å². The lowest BCUT2D eigenvalue weighted by molar-refractivity contribution is -0.145. The Morgan fingerprint density at radius 1 is 0.647 bits per heavy atom. The van der Waals surface area contributed by atoms with E-state index in [4.69, 9.17) is 18.9 Å². The second-order valence-electron chi connectivity index (χ2n) is 9.87. The summed E-state index contributed by atoms with van der Waals surface area (Å²) < 4.78 is 21.1. The van der Waals surface area contributed by atoms with Crippen LogP contribution in [0.25, 0.3) is 0 Å².